The highest BCUT2D eigenvalue weighted by molar-refractivity contribution is 5.85. The molecule has 0 aliphatic rings. The topological polar surface area (TPSA) is 62.8 Å². The van der Waals surface area contributed by atoms with Crippen LogP contribution in [0.2, 0.25) is 0 Å². The zero-order chi connectivity index (χ0) is 15.7. The molecule has 0 spiro atoms. The molecule has 0 aliphatic heterocycles. The Bertz CT molecular complexity index is 703. The molecule has 0 bridgehead atoms. The van der Waals surface area contributed by atoms with Crippen LogP contribution in [0.15, 0.2) is 61.1 Å². The van der Waals surface area contributed by atoms with E-state index in [0.29, 0.717) is 6.61 Å². The normalized spacial score (nSPS) is 10.2. The highest BCUT2D eigenvalue weighted by atomic mass is 35.5. The summed E-state index contributed by atoms with van der Waals surface area (Å²) in [5, 5.41) is 10.6. The Morgan fingerprint density at radius 1 is 1.04 bits per heavy atom. The minimum atomic E-state index is 0. The molecular formula is C18H21ClN4O. The summed E-state index contributed by atoms with van der Waals surface area (Å²) in [5.74, 6) is 0.918. The fraction of sp³-hybridized carbons (Fsp3) is 0.222. The monoisotopic (exact) mass is 344 g/mol. The van der Waals surface area contributed by atoms with E-state index in [1.165, 1.54) is 0 Å². The van der Waals surface area contributed by atoms with Gasteiger partial charge in [0, 0.05) is 30.1 Å². The number of nitrogens with one attached hydrogen (secondary N) is 2. The van der Waals surface area contributed by atoms with E-state index in [1.54, 1.807) is 6.20 Å². The summed E-state index contributed by atoms with van der Waals surface area (Å²) in [6, 6.07) is 13.8. The minimum Gasteiger partial charge on any atom is -0.494 e. The maximum Gasteiger partial charge on any atom is 0.119 e. The van der Waals surface area contributed by atoms with Crippen molar-refractivity contribution in [1.82, 2.24) is 20.5 Å². The largest absolute Gasteiger partial charge is 0.494 e. The van der Waals surface area contributed by atoms with Crippen molar-refractivity contribution in [1.29, 1.82) is 0 Å². The Morgan fingerprint density at radius 3 is 2.71 bits per heavy atom. The van der Waals surface area contributed by atoms with Crippen LogP contribution < -0.4 is 10.1 Å². The van der Waals surface area contributed by atoms with Crippen molar-refractivity contribution in [2.45, 2.75) is 13.0 Å². The summed E-state index contributed by atoms with van der Waals surface area (Å²) >= 11 is 0. The Kier molecular flexibility index (Phi) is 7.26. The lowest BCUT2D eigenvalue weighted by Crippen LogP contribution is -2.17. The fourth-order valence-electron chi connectivity index (χ4n) is 2.33. The smallest absolute Gasteiger partial charge is 0.119 e. The van der Waals surface area contributed by atoms with Gasteiger partial charge in [-0.15, -0.1) is 12.4 Å². The van der Waals surface area contributed by atoms with Crippen molar-refractivity contribution >= 4 is 12.4 Å². The molecule has 0 aliphatic carbocycles. The van der Waals surface area contributed by atoms with Crippen LogP contribution in [0, 0.1) is 0 Å². The first-order valence-electron chi connectivity index (χ1n) is 7.75. The van der Waals surface area contributed by atoms with E-state index < -0.39 is 0 Å². The SMILES string of the molecule is Cl.c1ccc(OCCCNCc2cn[nH]c2-c2cccnc2)cc1. The maximum absolute atomic E-state index is 5.67. The molecule has 126 valence electrons. The summed E-state index contributed by atoms with van der Waals surface area (Å²) < 4.78 is 5.67. The molecule has 5 nitrogen and oxygen atoms in total. The lowest BCUT2D eigenvalue weighted by Gasteiger charge is -2.07. The number of rotatable bonds is 8. The number of ether oxygens (including phenoxy) is 1. The first-order chi connectivity index (χ1) is 11.4. The van der Waals surface area contributed by atoms with Gasteiger partial charge in [0.15, 0.2) is 0 Å². The number of aromatic amines is 1. The third-order valence-corrected chi connectivity index (χ3v) is 3.49. The van der Waals surface area contributed by atoms with Crippen LogP contribution in [0.3, 0.4) is 0 Å². The van der Waals surface area contributed by atoms with Gasteiger partial charge in [0.2, 0.25) is 0 Å². The zero-order valence-electron chi connectivity index (χ0n) is 13.3. The molecule has 0 amide bonds. The second-order valence-electron chi connectivity index (χ2n) is 5.20. The predicted octanol–water partition coefficient (Wildman–Crippen LogP) is 3.45. The van der Waals surface area contributed by atoms with Crippen LogP contribution >= 0.6 is 12.4 Å². The number of hydrogen-bond donors (Lipinski definition) is 2. The number of pyridine rings is 1. The molecule has 3 aromatic rings. The molecular weight excluding hydrogens is 324 g/mol. The predicted molar refractivity (Wildman–Crippen MR) is 97.3 cm³/mol. The lowest BCUT2D eigenvalue weighted by atomic mass is 10.1. The van der Waals surface area contributed by atoms with Gasteiger partial charge >= 0.3 is 0 Å². The number of para-hydroxylation sites is 1. The van der Waals surface area contributed by atoms with Gasteiger partial charge in [-0.25, -0.2) is 0 Å². The first kappa shape index (κ1) is 18.0. The van der Waals surface area contributed by atoms with Gasteiger partial charge in [-0.2, -0.15) is 5.10 Å². The van der Waals surface area contributed by atoms with Crippen molar-refractivity contribution in [2.75, 3.05) is 13.2 Å². The van der Waals surface area contributed by atoms with Gasteiger partial charge in [-0.1, -0.05) is 18.2 Å². The number of hydrogen-bond acceptors (Lipinski definition) is 4. The molecule has 0 saturated carbocycles. The van der Waals surface area contributed by atoms with Gasteiger partial charge in [0.25, 0.3) is 0 Å². The van der Waals surface area contributed by atoms with E-state index in [1.807, 2.05) is 54.9 Å². The Labute approximate surface area is 147 Å². The summed E-state index contributed by atoms with van der Waals surface area (Å²) in [4.78, 5) is 4.15. The van der Waals surface area contributed by atoms with E-state index in [0.717, 1.165) is 42.1 Å². The molecule has 1 aromatic carbocycles. The molecule has 2 N–H and O–H groups in total. The van der Waals surface area contributed by atoms with Gasteiger partial charge in [-0.3, -0.25) is 10.1 Å². The van der Waals surface area contributed by atoms with E-state index in [4.69, 9.17) is 4.74 Å². The third kappa shape index (κ3) is 5.08. The number of benzene rings is 1. The Balaban J connectivity index is 0.00000208. The molecule has 24 heavy (non-hydrogen) atoms. The summed E-state index contributed by atoms with van der Waals surface area (Å²) in [7, 11) is 0. The molecule has 0 atom stereocenters. The minimum absolute atomic E-state index is 0. The summed E-state index contributed by atoms with van der Waals surface area (Å²) in [6.07, 6.45) is 6.42. The van der Waals surface area contributed by atoms with Crippen LogP contribution in [-0.2, 0) is 6.54 Å². The van der Waals surface area contributed by atoms with Crippen molar-refractivity contribution in [3.05, 3.63) is 66.6 Å². The quantitative estimate of drug-likeness (QED) is 0.614. The van der Waals surface area contributed by atoms with Crippen LogP contribution in [0.1, 0.15) is 12.0 Å². The second kappa shape index (κ2) is 9.70. The average Bonchev–Trinajstić information content (AvgIpc) is 3.08. The average molecular weight is 345 g/mol. The van der Waals surface area contributed by atoms with E-state index in [2.05, 4.69) is 20.5 Å². The summed E-state index contributed by atoms with van der Waals surface area (Å²) in [6.45, 7) is 2.37. The highest BCUT2D eigenvalue weighted by Gasteiger charge is 2.06. The fourth-order valence-corrected chi connectivity index (χ4v) is 2.33. The van der Waals surface area contributed by atoms with Crippen LogP contribution in [0.25, 0.3) is 11.3 Å². The van der Waals surface area contributed by atoms with Gasteiger partial charge in [-0.05, 0) is 37.2 Å². The van der Waals surface area contributed by atoms with Crippen molar-refractivity contribution in [3.63, 3.8) is 0 Å². The summed E-state index contributed by atoms with van der Waals surface area (Å²) in [5.41, 5.74) is 3.21. The molecule has 2 aromatic heterocycles. The highest BCUT2D eigenvalue weighted by Crippen LogP contribution is 2.19. The van der Waals surface area contributed by atoms with Crippen LogP contribution in [0.5, 0.6) is 5.75 Å². The molecule has 2 heterocycles. The molecule has 0 radical (unpaired) electrons. The number of H-pyrrole nitrogens is 1. The molecule has 0 fully saturated rings. The maximum atomic E-state index is 5.67. The van der Waals surface area contributed by atoms with Crippen LogP contribution in [0.4, 0.5) is 0 Å². The number of nitrogens with zero attached hydrogens (tertiary/aromatic N) is 2. The van der Waals surface area contributed by atoms with E-state index in [9.17, 15) is 0 Å². The van der Waals surface area contributed by atoms with Crippen molar-refractivity contribution in [2.24, 2.45) is 0 Å². The molecule has 3 rings (SSSR count). The Morgan fingerprint density at radius 2 is 1.92 bits per heavy atom. The standard InChI is InChI=1S/C18H20N4O.ClH/c1-2-7-17(8-3-1)23-11-5-10-20-13-16-14-21-22-18(16)15-6-4-9-19-12-15;/h1-4,6-9,12,14,20H,5,10-11,13H2,(H,21,22);1H. The van der Waals surface area contributed by atoms with Gasteiger partial charge in [0.1, 0.15) is 5.75 Å². The second-order valence-corrected chi connectivity index (χ2v) is 5.20. The van der Waals surface area contributed by atoms with Crippen molar-refractivity contribution < 1.29 is 4.74 Å². The molecule has 0 unspecified atom stereocenters. The molecule has 6 heteroatoms. The lowest BCUT2D eigenvalue weighted by molar-refractivity contribution is 0.308. The number of halogens is 1. The molecule has 0 saturated heterocycles. The van der Waals surface area contributed by atoms with Gasteiger partial charge < -0.3 is 10.1 Å². The van der Waals surface area contributed by atoms with E-state index in [-0.39, 0.29) is 12.4 Å². The van der Waals surface area contributed by atoms with Crippen molar-refractivity contribution in [3.8, 4) is 17.0 Å². The van der Waals surface area contributed by atoms with E-state index >= 15 is 0 Å². The first-order valence-corrected chi connectivity index (χ1v) is 7.75. The Hall–Kier alpha value is -2.37. The zero-order valence-corrected chi connectivity index (χ0v) is 14.1. The third-order valence-electron chi connectivity index (χ3n) is 3.49. The van der Waals surface area contributed by atoms with Gasteiger partial charge in [0.05, 0.1) is 18.5 Å². The number of aromatic nitrogens is 3. The van der Waals surface area contributed by atoms with Crippen LogP contribution in [-0.4, -0.2) is 28.3 Å².